The molecule has 1 heterocycles. The van der Waals surface area contributed by atoms with Crippen LogP contribution in [0.15, 0.2) is 24.3 Å². The second-order valence-corrected chi connectivity index (χ2v) is 5.87. The molecule has 2 rings (SSSR count). The molecule has 1 aliphatic heterocycles. The molecular formula is C18H29NO2. The smallest absolute Gasteiger partial charge is 0.0877 e. The number of rotatable bonds is 7. The van der Waals surface area contributed by atoms with Crippen molar-refractivity contribution in [2.24, 2.45) is 0 Å². The molecule has 1 aromatic rings. The van der Waals surface area contributed by atoms with Gasteiger partial charge in [0.25, 0.3) is 0 Å². The van der Waals surface area contributed by atoms with Gasteiger partial charge in [-0.05, 0) is 30.5 Å². The van der Waals surface area contributed by atoms with E-state index < -0.39 is 0 Å². The number of likely N-dealkylation sites (N-methyl/N-ethyl adjacent to an activating group) is 1. The van der Waals surface area contributed by atoms with Crippen LogP contribution in [0.1, 0.15) is 37.8 Å². The lowest BCUT2D eigenvalue weighted by Gasteiger charge is -2.42. The Morgan fingerprint density at radius 3 is 2.29 bits per heavy atom. The molecule has 0 aromatic heterocycles. The van der Waals surface area contributed by atoms with E-state index in [2.05, 4.69) is 43.4 Å². The Balaban J connectivity index is 2.12. The average Bonchev–Trinajstić information content (AvgIpc) is 2.56. The molecule has 0 bridgehead atoms. The SMILES string of the molecule is CCNC(Cc1ccc(CC)cc1)C1(OC)CCOCC1. The van der Waals surface area contributed by atoms with Gasteiger partial charge < -0.3 is 14.8 Å². The van der Waals surface area contributed by atoms with Crippen molar-refractivity contribution < 1.29 is 9.47 Å². The Kier molecular flexibility index (Phi) is 6.22. The van der Waals surface area contributed by atoms with Gasteiger partial charge in [0.1, 0.15) is 0 Å². The molecule has 1 atom stereocenters. The third-order valence-corrected chi connectivity index (χ3v) is 4.70. The average molecular weight is 291 g/mol. The molecule has 21 heavy (non-hydrogen) atoms. The van der Waals surface area contributed by atoms with Crippen molar-refractivity contribution in [3.05, 3.63) is 35.4 Å². The van der Waals surface area contributed by atoms with Gasteiger partial charge in [-0.15, -0.1) is 0 Å². The van der Waals surface area contributed by atoms with Crippen LogP contribution in [0.2, 0.25) is 0 Å². The van der Waals surface area contributed by atoms with Crippen molar-refractivity contribution in [1.29, 1.82) is 0 Å². The topological polar surface area (TPSA) is 30.5 Å². The molecule has 0 saturated carbocycles. The first-order valence-electron chi connectivity index (χ1n) is 8.18. The minimum Gasteiger partial charge on any atom is -0.381 e. The lowest BCUT2D eigenvalue weighted by Crippen LogP contribution is -2.56. The highest BCUT2D eigenvalue weighted by atomic mass is 16.5. The fourth-order valence-electron chi connectivity index (χ4n) is 3.25. The molecule has 1 fully saturated rings. The third-order valence-electron chi connectivity index (χ3n) is 4.70. The highest BCUT2D eigenvalue weighted by molar-refractivity contribution is 5.24. The van der Waals surface area contributed by atoms with E-state index in [4.69, 9.17) is 9.47 Å². The largest absolute Gasteiger partial charge is 0.381 e. The minimum atomic E-state index is -0.0995. The molecule has 0 radical (unpaired) electrons. The standard InChI is InChI=1S/C18H29NO2/c1-4-15-6-8-16(9-7-15)14-17(19-5-2)18(20-3)10-12-21-13-11-18/h6-9,17,19H,4-5,10-14H2,1-3H3. The number of hydrogen-bond acceptors (Lipinski definition) is 3. The molecule has 1 aromatic carbocycles. The molecule has 118 valence electrons. The maximum Gasteiger partial charge on any atom is 0.0877 e. The zero-order valence-corrected chi connectivity index (χ0v) is 13.7. The fourth-order valence-corrected chi connectivity index (χ4v) is 3.25. The van der Waals surface area contributed by atoms with Gasteiger partial charge >= 0.3 is 0 Å². The Hall–Kier alpha value is -0.900. The summed E-state index contributed by atoms with van der Waals surface area (Å²) in [5.41, 5.74) is 2.67. The lowest BCUT2D eigenvalue weighted by atomic mass is 9.82. The van der Waals surface area contributed by atoms with Crippen molar-refractivity contribution in [3.8, 4) is 0 Å². The van der Waals surface area contributed by atoms with E-state index >= 15 is 0 Å². The normalized spacial score (nSPS) is 19.4. The molecule has 0 amide bonds. The van der Waals surface area contributed by atoms with Crippen LogP contribution in [-0.2, 0) is 22.3 Å². The van der Waals surface area contributed by atoms with E-state index in [1.54, 1.807) is 0 Å². The van der Waals surface area contributed by atoms with Gasteiger partial charge in [0.15, 0.2) is 0 Å². The molecular weight excluding hydrogens is 262 g/mol. The van der Waals surface area contributed by atoms with Crippen molar-refractivity contribution in [3.63, 3.8) is 0 Å². The summed E-state index contributed by atoms with van der Waals surface area (Å²) in [5.74, 6) is 0. The molecule has 1 aliphatic rings. The Labute approximate surface area is 129 Å². The van der Waals surface area contributed by atoms with Crippen LogP contribution in [0.5, 0.6) is 0 Å². The highest BCUT2D eigenvalue weighted by Gasteiger charge is 2.40. The van der Waals surface area contributed by atoms with Crippen LogP contribution in [0.4, 0.5) is 0 Å². The second kappa shape index (κ2) is 7.92. The number of aryl methyl sites for hydroxylation is 1. The number of methoxy groups -OCH3 is 1. The Morgan fingerprint density at radius 2 is 1.76 bits per heavy atom. The maximum absolute atomic E-state index is 5.97. The summed E-state index contributed by atoms with van der Waals surface area (Å²) in [6, 6.07) is 9.32. The van der Waals surface area contributed by atoms with E-state index in [9.17, 15) is 0 Å². The summed E-state index contributed by atoms with van der Waals surface area (Å²) in [6.45, 7) is 6.91. The van der Waals surface area contributed by atoms with Gasteiger partial charge in [-0.25, -0.2) is 0 Å². The Bertz CT molecular complexity index is 410. The summed E-state index contributed by atoms with van der Waals surface area (Å²) >= 11 is 0. The van der Waals surface area contributed by atoms with Crippen LogP contribution < -0.4 is 5.32 Å². The summed E-state index contributed by atoms with van der Waals surface area (Å²) in [4.78, 5) is 0. The van der Waals surface area contributed by atoms with Crippen molar-refractivity contribution in [2.75, 3.05) is 26.9 Å². The van der Waals surface area contributed by atoms with Gasteiger partial charge in [-0.2, -0.15) is 0 Å². The van der Waals surface area contributed by atoms with E-state index in [-0.39, 0.29) is 5.60 Å². The number of hydrogen-bond donors (Lipinski definition) is 1. The van der Waals surface area contributed by atoms with Crippen LogP contribution in [0.3, 0.4) is 0 Å². The zero-order valence-electron chi connectivity index (χ0n) is 13.7. The third kappa shape index (κ3) is 4.06. The van der Waals surface area contributed by atoms with Gasteiger partial charge in [-0.3, -0.25) is 0 Å². The summed E-state index contributed by atoms with van der Waals surface area (Å²) in [5, 5.41) is 3.64. The molecule has 3 nitrogen and oxygen atoms in total. The summed E-state index contributed by atoms with van der Waals surface area (Å²) in [6.07, 6.45) is 4.03. The minimum absolute atomic E-state index is 0.0995. The molecule has 1 N–H and O–H groups in total. The van der Waals surface area contributed by atoms with Crippen LogP contribution in [0, 0.1) is 0 Å². The molecule has 1 saturated heterocycles. The van der Waals surface area contributed by atoms with Crippen LogP contribution >= 0.6 is 0 Å². The first-order chi connectivity index (χ1) is 10.2. The van der Waals surface area contributed by atoms with Gasteiger partial charge in [0.2, 0.25) is 0 Å². The number of ether oxygens (including phenoxy) is 2. The first-order valence-corrected chi connectivity index (χ1v) is 8.18. The highest BCUT2D eigenvalue weighted by Crippen LogP contribution is 2.30. The summed E-state index contributed by atoms with van der Waals surface area (Å²) in [7, 11) is 1.84. The molecule has 1 unspecified atom stereocenters. The predicted octanol–water partition coefficient (Wildman–Crippen LogP) is 2.97. The van der Waals surface area contributed by atoms with Crippen LogP contribution in [0.25, 0.3) is 0 Å². The van der Waals surface area contributed by atoms with E-state index in [1.165, 1.54) is 11.1 Å². The second-order valence-electron chi connectivity index (χ2n) is 5.87. The van der Waals surface area contributed by atoms with Crippen LogP contribution in [-0.4, -0.2) is 38.5 Å². The first kappa shape index (κ1) is 16.5. The Morgan fingerprint density at radius 1 is 1.14 bits per heavy atom. The molecule has 0 aliphatic carbocycles. The quantitative estimate of drug-likeness (QED) is 0.838. The van der Waals surface area contributed by atoms with Gasteiger partial charge in [0, 0.05) is 39.2 Å². The van der Waals surface area contributed by atoms with Crippen molar-refractivity contribution in [1.82, 2.24) is 5.32 Å². The van der Waals surface area contributed by atoms with Crippen molar-refractivity contribution in [2.45, 2.75) is 51.2 Å². The maximum atomic E-state index is 5.97. The molecule has 3 heteroatoms. The lowest BCUT2D eigenvalue weighted by molar-refractivity contribution is -0.110. The summed E-state index contributed by atoms with van der Waals surface area (Å²) < 4.78 is 11.5. The van der Waals surface area contributed by atoms with E-state index in [0.717, 1.165) is 45.4 Å². The van der Waals surface area contributed by atoms with Crippen molar-refractivity contribution >= 4 is 0 Å². The predicted molar refractivity (Wildman–Crippen MR) is 86.8 cm³/mol. The van der Waals surface area contributed by atoms with Gasteiger partial charge in [0.05, 0.1) is 5.60 Å². The van der Waals surface area contributed by atoms with E-state index in [0.29, 0.717) is 6.04 Å². The zero-order chi connectivity index (χ0) is 15.1. The fraction of sp³-hybridized carbons (Fsp3) is 0.667. The number of benzene rings is 1. The van der Waals surface area contributed by atoms with Gasteiger partial charge in [-0.1, -0.05) is 38.1 Å². The van der Waals surface area contributed by atoms with E-state index in [1.807, 2.05) is 7.11 Å². The monoisotopic (exact) mass is 291 g/mol. The molecule has 0 spiro atoms. The number of nitrogens with one attached hydrogen (secondary N) is 1.